The van der Waals surface area contributed by atoms with E-state index in [1.54, 1.807) is 0 Å². The van der Waals surface area contributed by atoms with Gasteiger partial charge in [-0.1, -0.05) is 19.3 Å². The summed E-state index contributed by atoms with van der Waals surface area (Å²) in [5.41, 5.74) is 3.59. The number of benzene rings is 1. The zero-order chi connectivity index (χ0) is 16.9. The second kappa shape index (κ2) is 7.43. The molecule has 1 saturated carbocycles. The van der Waals surface area contributed by atoms with Gasteiger partial charge in [-0.2, -0.15) is 0 Å². The Morgan fingerprint density at radius 1 is 0.958 bits per heavy atom. The first kappa shape index (κ1) is 16.4. The molecule has 1 amide bonds. The number of nitrogens with zero attached hydrogens (tertiary/aromatic N) is 2. The molecular weight excluding hydrogens is 300 g/mol. The molecule has 1 aromatic carbocycles. The summed E-state index contributed by atoms with van der Waals surface area (Å²) >= 11 is 0. The van der Waals surface area contributed by atoms with E-state index in [1.807, 2.05) is 44.2 Å². The molecule has 5 heteroatoms. The zero-order valence-corrected chi connectivity index (χ0v) is 14.3. The van der Waals surface area contributed by atoms with E-state index < -0.39 is 0 Å². The highest BCUT2D eigenvalue weighted by atomic mass is 16.1. The summed E-state index contributed by atoms with van der Waals surface area (Å²) in [7, 11) is 0. The van der Waals surface area contributed by atoms with E-state index in [-0.39, 0.29) is 11.8 Å². The van der Waals surface area contributed by atoms with Crippen LogP contribution in [0.3, 0.4) is 0 Å². The third-order valence-electron chi connectivity index (χ3n) is 4.37. The lowest BCUT2D eigenvalue weighted by atomic mass is 9.88. The van der Waals surface area contributed by atoms with Crippen molar-refractivity contribution in [2.75, 3.05) is 10.6 Å². The van der Waals surface area contributed by atoms with Gasteiger partial charge in [0.2, 0.25) is 11.9 Å². The molecule has 1 aliphatic rings. The van der Waals surface area contributed by atoms with Gasteiger partial charge in [-0.3, -0.25) is 4.79 Å². The van der Waals surface area contributed by atoms with Crippen molar-refractivity contribution < 1.29 is 4.79 Å². The minimum Gasteiger partial charge on any atom is -0.326 e. The number of nitrogens with one attached hydrogen (secondary N) is 2. The Morgan fingerprint density at radius 2 is 1.54 bits per heavy atom. The minimum atomic E-state index is 0.146. The Balaban J connectivity index is 1.61. The topological polar surface area (TPSA) is 66.9 Å². The molecule has 5 nitrogen and oxygen atoms in total. The van der Waals surface area contributed by atoms with Gasteiger partial charge in [0.25, 0.3) is 0 Å². The molecule has 0 spiro atoms. The normalized spacial score (nSPS) is 15.1. The van der Waals surface area contributed by atoms with Gasteiger partial charge >= 0.3 is 0 Å². The minimum absolute atomic E-state index is 0.146. The fraction of sp³-hybridized carbons (Fsp3) is 0.421. The van der Waals surface area contributed by atoms with Gasteiger partial charge < -0.3 is 10.6 Å². The fourth-order valence-corrected chi connectivity index (χ4v) is 3.16. The van der Waals surface area contributed by atoms with Gasteiger partial charge in [-0.05, 0) is 57.0 Å². The van der Waals surface area contributed by atoms with Gasteiger partial charge in [0.05, 0.1) is 0 Å². The molecule has 24 heavy (non-hydrogen) atoms. The van der Waals surface area contributed by atoms with Crippen LogP contribution in [0, 0.1) is 19.8 Å². The van der Waals surface area contributed by atoms with Crippen LogP contribution in [-0.4, -0.2) is 15.9 Å². The number of anilines is 3. The first-order chi connectivity index (χ1) is 11.6. The smallest absolute Gasteiger partial charge is 0.227 e. The second-order valence-corrected chi connectivity index (χ2v) is 6.50. The van der Waals surface area contributed by atoms with Crippen molar-refractivity contribution in [2.45, 2.75) is 46.0 Å². The van der Waals surface area contributed by atoms with Gasteiger partial charge in [0.15, 0.2) is 0 Å². The molecule has 1 aromatic heterocycles. The number of carbonyl (C=O) groups is 1. The van der Waals surface area contributed by atoms with Crippen LogP contribution in [0.4, 0.5) is 17.3 Å². The van der Waals surface area contributed by atoms with E-state index in [4.69, 9.17) is 0 Å². The summed E-state index contributed by atoms with van der Waals surface area (Å²) < 4.78 is 0. The number of rotatable bonds is 4. The van der Waals surface area contributed by atoms with Crippen LogP contribution >= 0.6 is 0 Å². The molecule has 0 unspecified atom stereocenters. The molecule has 0 bridgehead atoms. The maximum atomic E-state index is 12.3. The van der Waals surface area contributed by atoms with E-state index in [0.717, 1.165) is 48.4 Å². The standard InChI is InChI=1S/C19H24N4O/c1-13-12-14(2)21-19(20-13)23-17-10-8-16(9-11-17)22-18(24)15-6-4-3-5-7-15/h8-12,15H,3-7H2,1-2H3,(H,22,24)(H,20,21,23). The maximum absolute atomic E-state index is 12.3. The van der Waals surface area contributed by atoms with Gasteiger partial charge in [0, 0.05) is 28.7 Å². The number of carbonyl (C=O) groups excluding carboxylic acids is 1. The van der Waals surface area contributed by atoms with Crippen LogP contribution in [0.5, 0.6) is 0 Å². The summed E-state index contributed by atoms with van der Waals surface area (Å²) in [4.78, 5) is 21.0. The highest BCUT2D eigenvalue weighted by Gasteiger charge is 2.20. The molecular formula is C19H24N4O. The maximum Gasteiger partial charge on any atom is 0.227 e. The quantitative estimate of drug-likeness (QED) is 0.877. The molecule has 0 radical (unpaired) electrons. The predicted octanol–water partition coefficient (Wildman–Crippen LogP) is 4.36. The largest absolute Gasteiger partial charge is 0.326 e. The number of aryl methyl sites for hydroxylation is 2. The number of aromatic nitrogens is 2. The molecule has 3 rings (SSSR count). The van der Waals surface area contributed by atoms with Crippen molar-refractivity contribution in [3.63, 3.8) is 0 Å². The molecule has 0 atom stereocenters. The fourth-order valence-electron chi connectivity index (χ4n) is 3.16. The molecule has 2 N–H and O–H groups in total. The monoisotopic (exact) mass is 324 g/mol. The molecule has 1 heterocycles. The van der Waals surface area contributed by atoms with E-state index in [1.165, 1.54) is 6.42 Å². The predicted molar refractivity (Wildman–Crippen MR) is 96.4 cm³/mol. The SMILES string of the molecule is Cc1cc(C)nc(Nc2ccc(NC(=O)C3CCCCC3)cc2)n1. The van der Waals surface area contributed by atoms with Crippen molar-refractivity contribution in [3.05, 3.63) is 41.7 Å². The average Bonchev–Trinajstić information content (AvgIpc) is 2.56. The summed E-state index contributed by atoms with van der Waals surface area (Å²) in [6, 6.07) is 9.61. The Labute approximate surface area is 142 Å². The average molecular weight is 324 g/mol. The first-order valence-corrected chi connectivity index (χ1v) is 8.60. The van der Waals surface area contributed by atoms with Gasteiger partial charge in [0.1, 0.15) is 0 Å². The van der Waals surface area contributed by atoms with Gasteiger partial charge in [-0.15, -0.1) is 0 Å². The van der Waals surface area contributed by atoms with Crippen LogP contribution in [-0.2, 0) is 4.79 Å². The van der Waals surface area contributed by atoms with E-state index in [9.17, 15) is 4.79 Å². The Morgan fingerprint density at radius 3 is 2.17 bits per heavy atom. The van der Waals surface area contributed by atoms with Crippen molar-refractivity contribution >= 4 is 23.2 Å². The molecule has 126 valence electrons. The highest BCUT2D eigenvalue weighted by molar-refractivity contribution is 5.92. The molecule has 0 saturated heterocycles. The summed E-state index contributed by atoms with van der Waals surface area (Å²) in [6.07, 6.45) is 5.60. The van der Waals surface area contributed by atoms with Gasteiger partial charge in [-0.25, -0.2) is 9.97 Å². The first-order valence-electron chi connectivity index (χ1n) is 8.60. The van der Waals surface area contributed by atoms with Crippen molar-refractivity contribution in [2.24, 2.45) is 5.92 Å². The van der Waals surface area contributed by atoms with Crippen LogP contribution in [0.1, 0.15) is 43.5 Å². The van der Waals surface area contributed by atoms with E-state index in [0.29, 0.717) is 5.95 Å². The van der Waals surface area contributed by atoms with E-state index >= 15 is 0 Å². The lowest BCUT2D eigenvalue weighted by Crippen LogP contribution is -2.24. The molecule has 1 aliphatic carbocycles. The highest BCUT2D eigenvalue weighted by Crippen LogP contribution is 2.25. The lowest BCUT2D eigenvalue weighted by molar-refractivity contribution is -0.120. The van der Waals surface area contributed by atoms with Crippen LogP contribution < -0.4 is 10.6 Å². The van der Waals surface area contributed by atoms with Crippen LogP contribution in [0.25, 0.3) is 0 Å². The Hall–Kier alpha value is -2.43. The summed E-state index contributed by atoms with van der Waals surface area (Å²) in [5.74, 6) is 0.903. The van der Waals surface area contributed by atoms with Crippen LogP contribution in [0.2, 0.25) is 0 Å². The third kappa shape index (κ3) is 4.31. The third-order valence-corrected chi connectivity index (χ3v) is 4.37. The number of hydrogen-bond donors (Lipinski definition) is 2. The van der Waals surface area contributed by atoms with Crippen LogP contribution in [0.15, 0.2) is 30.3 Å². The van der Waals surface area contributed by atoms with Crippen molar-refractivity contribution in [1.29, 1.82) is 0 Å². The second-order valence-electron chi connectivity index (χ2n) is 6.50. The molecule has 1 fully saturated rings. The van der Waals surface area contributed by atoms with E-state index in [2.05, 4.69) is 20.6 Å². The van der Waals surface area contributed by atoms with Crippen molar-refractivity contribution in [3.8, 4) is 0 Å². The number of amides is 1. The van der Waals surface area contributed by atoms with Crippen molar-refractivity contribution in [1.82, 2.24) is 9.97 Å². The Bertz CT molecular complexity index is 686. The summed E-state index contributed by atoms with van der Waals surface area (Å²) in [5, 5.41) is 6.22. The lowest BCUT2D eigenvalue weighted by Gasteiger charge is -2.20. The zero-order valence-electron chi connectivity index (χ0n) is 14.3. The molecule has 0 aliphatic heterocycles. The number of hydrogen-bond acceptors (Lipinski definition) is 4. The summed E-state index contributed by atoms with van der Waals surface area (Å²) in [6.45, 7) is 3.90. The Kier molecular flexibility index (Phi) is 5.08. The molecule has 2 aromatic rings.